The molecule has 4 heteroatoms. The van der Waals surface area contributed by atoms with Gasteiger partial charge in [-0.1, -0.05) is 19.3 Å². The Morgan fingerprint density at radius 2 is 1.89 bits per heavy atom. The van der Waals surface area contributed by atoms with E-state index in [2.05, 4.69) is 10.6 Å². The molecule has 1 rings (SSSR count). The molecule has 0 aromatic heterocycles. The molecule has 0 bridgehead atoms. The van der Waals surface area contributed by atoms with Crippen molar-refractivity contribution in [2.24, 2.45) is 0 Å². The van der Waals surface area contributed by atoms with Crippen molar-refractivity contribution in [3.63, 3.8) is 0 Å². The van der Waals surface area contributed by atoms with Gasteiger partial charge in [-0.3, -0.25) is 4.79 Å². The molecule has 0 aliphatic heterocycles. The van der Waals surface area contributed by atoms with Crippen LogP contribution in [0.4, 0.5) is 0 Å². The molecule has 0 saturated heterocycles. The first-order chi connectivity index (χ1) is 9.22. The predicted molar refractivity (Wildman–Crippen MR) is 78.2 cm³/mol. The van der Waals surface area contributed by atoms with E-state index in [4.69, 9.17) is 4.74 Å². The largest absolute Gasteiger partial charge is 0.385 e. The van der Waals surface area contributed by atoms with Gasteiger partial charge in [-0.2, -0.15) is 0 Å². The minimum absolute atomic E-state index is 0.0540. The van der Waals surface area contributed by atoms with Gasteiger partial charge in [-0.05, 0) is 39.2 Å². The standard InChI is InChI=1S/C15H30N2O2/c1-16-15(9-5-3-6-10-15)13-14(18)17-11-7-4-8-12-19-2/h16H,3-13H2,1-2H3,(H,17,18). The second-order valence-corrected chi connectivity index (χ2v) is 5.67. The smallest absolute Gasteiger partial charge is 0.221 e. The lowest BCUT2D eigenvalue weighted by Gasteiger charge is -2.36. The topological polar surface area (TPSA) is 50.4 Å². The van der Waals surface area contributed by atoms with E-state index in [9.17, 15) is 4.79 Å². The number of amides is 1. The normalized spacial score (nSPS) is 18.2. The van der Waals surface area contributed by atoms with Crippen LogP contribution in [0.2, 0.25) is 0 Å². The minimum atomic E-state index is 0.0540. The van der Waals surface area contributed by atoms with Gasteiger partial charge in [0.05, 0.1) is 0 Å². The van der Waals surface area contributed by atoms with Crippen molar-refractivity contribution in [3.8, 4) is 0 Å². The maximum atomic E-state index is 12.0. The molecule has 1 saturated carbocycles. The molecule has 19 heavy (non-hydrogen) atoms. The first-order valence-electron chi connectivity index (χ1n) is 7.67. The van der Waals surface area contributed by atoms with E-state index in [-0.39, 0.29) is 11.4 Å². The average molecular weight is 270 g/mol. The summed E-state index contributed by atoms with van der Waals surface area (Å²) >= 11 is 0. The number of hydrogen-bond donors (Lipinski definition) is 2. The first-order valence-corrected chi connectivity index (χ1v) is 7.67. The molecule has 0 heterocycles. The predicted octanol–water partition coefficient (Wildman–Crippen LogP) is 2.23. The van der Waals surface area contributed by atoms with Crippen molar-refractivity contribution in [3.05, 3.63) is 0 Å². The van der Waals surface area contributed by atoms with Crippen LogP contribution >= 0.6 is 0 Å². The zero-order valence-corrected chi connectivity index (χ0v) is 12.6. The number of carbonyl (C=O) groups is 1. The summed E-state index contributed by atoms with van der Waals surface area (Å²) in [7, 11) is 3.71. The molecule has 0 spiro atoms. The number of nitrogens with one attached hydrogen (secondary N) is 2. The third kappa shape index (κ3) is 6.39. The van der Waals surface area contributed by atoms with E-state index in [1.165, 1.54) is 19.3 Å². The maximum Gasteiger partial charge on any atom is 0.221 e. The number of unbranched alkanes of at least 4 members (excludes halogenated alkanes) is 2. The SMILES string of the molecule is CNC1(CC(=O)NCCCCCOC)CCCCC1. The van der Waals surface area contributed by atoms with Crippen LogP contribution in [0.3, 0.4) is 0 Å². The molecule has 0 aromatic carbocycles. The van der Waals surface area contributed by atoms with Crippen LogP contribution in [0.25, 0.3) is 0 Å². The number of hydrogen-bond acceptors (Lipinski definition) is 3. The van der Waals surface area contributed by atoms with E-state index in [0.717, 1.165) is 45.3 Å². The van der Waals surface area contributed by atoms with Gasteiger partial charge in [0.2, 0.25) is 5.91 Å². The van der Waals surface area contributed by atoms with Crippen molar-refractivity contribution < 1.29 is 9.53 Å². The Hall–Kier alpha value is -0.610. The second-order valence-electron chi connectivity index (χ2n) is 5.67. The molecule has 2 N–H and O–H groups in total. The lowest BCUT2D eigenvalue weighted by molar-refractivity contribution is -0.122. The van der Waals surface area contributed by atoms with E-state index >= 15 is 0 Å². The number of ether oxygens (including phenoxy) is 1. The quantitative estimate of drug-likeness (QED) is 0.632. The van der Waals surface area contributed by atoms with Crippen LogP contribution < -0.4 is 10.6 Å². The van der Waals surface area contributed by atoms with Gasteiger partial charge in [0.15, 0.2) is 0 Å². The Balaban J connectivity index is 2.15. The highest BCUT2D eigenvalue weighted by Gasteiger charge is 2.32. The summed E-state index contributed by atoms with van der Waals surface area (Å²) in [5.41, 5.74) is 0.0540. The molecule has 112 valence electrons. The van der Waals surface area contributed by atoms with E-state index < -0.39 is 0 Å². The molecule has 1 amide bonds. The summed E-state index contributed by atoms with van der Waals surface area (Å²) in [4.78, 5) is 12.0. The summed E-state index contributed by atoms with van der Waals surface area (Å²) in [5.74, 6) is 0.197. The van der Waals surface area contributed by atoms with Crippen LogP contribution in [0.5, 0.6) is 0 Å². The molecule has 0 unspecified atom stereocenters. The van der Waals surface area contributed by atoms with Crippen LogP contribution in [-0.2, 0) is 9.53 Å². The number of carbonyl (C=O) groups excluding carboxylic acids is 1. The third-order valence-corrected chi connectivity index (χ3v) is 4.19. The summed E-state index contributed by atoms with van der Waals surface area (Å²) in [6.07, 6.45) is 9.91. The fourth-order valence-corrected chi connectivity index (χ4v) is 2.89. The fraction of sp³-hybridized carbons (Fsp3) is 0.933. The molecule has 0 radical (unpaired) electrons. The van der Waals surface area contributed by atoms with Gasteiger partial charge in [0.25, 0.3) is 0 Å². The van der Waals surface area contributed by atoms with Crippen molar-refractivity contribution in [1.29, 1.82) is 0 Å². The zero-order chi connectivity index (χ0) is 14.0. The van der Waals surface area contributed by atoms with Gasteiger partial charge >= 0.3 is 0 Å². The van der Waals surface area contributed by atoms with E-state index in [0.29, 0.717) is 6.42 Å². The highest BCUT2D eigenvalue weighted by molar-refractivity contribution is 5.77. The molecule has 0 aromatic rings. The van der Waals surface area contributed by atoms with E-state index in [1.54, 1.807) is 7.11 Å². The van der Waals surface area contributed by atoms with Gasteiger partial charge < -0.3 is 15.4 Å². The maximum absolute atomic E-state index is 12.0. The molecule has 1 aliphatic rings. The number of methoxy groups -OCH3 is 1. The van der Waals surface area contributed by atoms with Crippen molar-refractivity contribution >= 4 is 5.91 Å². The second kappa shape index (κ2) is 9.32. The summed E-state index contributed by atoms with van der Waals surface area (Å²) in [6, 6.07) is 0. The lowest BCUT2D eigenvalue weighted by atomic mass is 9.79. The molecular weight excluding hydrogens is 240 g/mol. The summed E-state index contributed by atoms with van der Waals surface area (Å²) < 4.78 is 5.00. The van der Waals surface area contributed by atoms with Gasteiger partial charge in [-0.25, -0.2) is 0 Å². The summed E-state index contributed by atoms with van der Waals surface area (Å²) in [6.45, 7) is 1.61. The Labute approximate surface area is 117 Å². The first kappa shape index (κ1) is 16.4. The van der Waals surface area contributed by atoms with Crippen molar-refractivity contribution in [2.75, 3.05) is 27.3 Å². The van der Waals surface area contributed by atoms with E-state index in [1.807, 2.05) is 7.05 Å². The van der Waals surface area contributed by atoms with Crippen LogP contribution in [-0.4, -0.2) is 38.8 Å². The highest BCUT2D eigenvalue weighted by Crippen LogP contribution is 2.30. The average Bonchev–Trinajstić information content (AvgIpc) is 2.43. The lowest BCUT2D eigenvalue weighted by Crippen LogP contribution is -2.48. The highest BCUT2D eigenvalue weighted by atomic mass is 16.5. The zero-order valence-electron chi connectivity index (χ0n) is 12.6. The van der Waals surface area contributed by atoms with Crippen molar-refractivity contribution in [1.82, 2.24) is 10.6 Å². The summed E-state index contributed by atoms with van der Waals surface area (Å²) in [5, 5.41) is 6.44. The molecule has 4 nitrogen and oxygen atoms in total. The monoisotopic (exact) mass is 270 g/mol. The van der Waals surface area contributed by atoms with Crippen LogP contribution in [0.15, 0.2) is 0 Å². The molecular formula is C15H30N2O2. The molecule has 1 aliphatic carbocycles. The molecule has 0 atom stereocenters. The molecule has 1 fully saturated rings. The fourth-order valence-electron chi connectivity index (χ4n) is 2.89. The Morgan fingerprint density at radius 3 is 2.53 bits per heavy atom. The minimum Gasteiger partial charge on any atom is -0.385 e. The number of rotatable bonds is 9. The van der Waals surface area contributed by atoms with Crippen molar-refractivity contribution in [2.45, 2.75) is 63.3 Å². The van der Waals surface area contributed by atoms with Gasteiger partial charge in [0, 0.05) is 32.2 Å². The Bertz CT molecular complexity index is 251. The Morgan fingerprint density at radius 1 is 1.16 bits per heavy atom. The van der Waals surface area contributed by atoms with Crippen LogP contribution in [0.1, 0.15) is 57.8 Å². The third-order valence-electron chi connectivity index (χ3n) is 4.19. The van der Waals surface area contributed by atoms with Gasteiger partial charge in [-0.15, -0.1) is 0 Å². The van der Waals surface area contributed by atoms with Crippen LogP contribution in [0, 0.1) is 0 Å². The van der Waals surface area contributed by atoms with Gasteiger partial charge in [0.1, 0.15) is 0 Å². The Kier molecular flexibility index (Phi) is 8.07.